The second-order valence-electron chi connectivity index (χ2n) is 3.27. The molecule has 0 aliphatic carbocycles. The monoisotopic (exact) mass is 315 g/mol. The molecule has 0 saturated heterocycles. The molecule has 1 N–H and O–H groups in total. The maximum absolute atomic E-state index is 11.3. The summed E-state index contributed by atoms with van der Waals surface area (Å²) in [4.78, 5) is 15.2. The second-order valence-corrected chi connectivity index (χ2v) is 4.50. The maximum atomic E-state index is 11.3. The average molecular weight is 317 g/mol. The van der Waals surface area contributed by atoms with Crippen LogP contribution in [0.25, 0.3) is 10.8 Å². The van der Waals surface area contributed by atoms with Crippen LogP contribution in [0.4, 0.5) is 0 Å². The van der Waals surface area contributed by atoms with Crippen LogP contribution in [0.3, 0.4) is 0 Å². The first-order valence-electron chi connectivity index (χ1n) is 4.60. The van der Waals surface area contributed by atoms with Crippen LogP contribution in [0.15, 0.2) is 22.8 Å². The molecular weight excluding hydrogens is 309 g/mol. The summed E-state index contributed by atoms with van der Waals surface area (Å²) in [7, 11) is 1.22. The van der Waals surface area contributed by atoms with E-state index in [0.717, 1.165) is 0 Å². The average Bonchev–Trinajstić information content (AvgIpc) is 2.33. The van der Waals surface area contributed by atoms with E-state index in [-0.39, 0.29) is 11.4 Å². The summed E-state index contributed by atoms with van der Waals surface area (Å²) in [6.45, 7) is 0. The highest BCUT2D eigenvalue weighted by molar-refractivity contribution is 9.10. The van der Waals surface area contributed by atoms with Gasteiger partial charge in [0.1, 0.15) is 0 Å². The van der Waals surface area contributed by atoms with Gasteiger partial charge in [0.2, 0.25) is 0 Å². The molecule has 4 nitrogen and oxygen atoms in total. The molecule has 0 unspecified atom stereocenters. The minimum Gasteiger partial charge on any atom is -0.505 e. The topological polar surface area (TPSA) is 59.4 Å². The van der Waals surface area contributed by atoms with Crippen LogP contribution in [0, 0.1) is 0 Å². The largest absolute Gasteiger partial charge is 0.505 e. The zero-order valence-corrected chi connectivity index (χ0v) is 11.0. The summed E-state index contributed by atoms with van der Waals surface area (Å²) in [5.41, 5.74) is -0.126. The van der Waals surface area contributed by atoms with Gasteiger partial charge in [-0.3, -0.25) is 0 Å². The molecule has 0 fully saturated rings. The maximum Gasteiger partial charge on any atom is 0.360 e. The number of carbonyl (C=O) groups excluding carboxylic acids is 1. The van der Waals surface area contributed by atoms with Crippen molar-refractivity contribution >= 4 is 44.3 Å². The van der Waals surface area contributed by atoms with Crippen molar-refractivity contribution in [2.45, 2.75) is 0 Å². The summed E-state index contributed by atoms with van der Waals surface area (Å²) in [5, 5.41) is 11.4. The van der Waals surface area contributed by atoms with Crippen molar-refractivity contribution in [3.63, 3.8) is 0 Å². The third-order valence-corrected chi connectivity index (χ3v) is 3.61. The molecule has 88 valence electrons. The number of halogens is 2. The van der Waals surface area contributed by atoms with Crippen LogP contribution < -0.4 is 0 Å². The van der Waals surface area contributed by atoms with E-state index in [4.69, 9.17) is 11.6 Å². The number of pyridine rings is 1. The van der Waals surface area contributed by atoms with Crippen molar-refractivity contribution in [3.05, 3.63) is 33.5 Å². The van der Waals surface area contributed by atoms with Gasteiger partial charge in [0.05, 0.1) is 12.1 Å². The number of aromatic hydroxyl groups is 1. The Morgan fingerprint density at radius 3 is 2.82 bits per heavy atom. The Labute approximate surface area is 110 Å². The number of ether oxygens (including phenoxy) is 1. The van der Waals surface area contributed by atoms with Crippen LogP contribution in [0.1, 0.15) is 10.5 Å². The molecular formula is C11H7BrClNO3. The standard InChI is InChI=1S/C11H7BrClNO3/c1-17-11(16)9-10(15)5-2-3-7(12)8(13)6(5)4-14-9/h2-4,15H,1H3. The number of methoxy groups -OCH3 is 1. The van der Waals surface area contributed by atoms with Gasteiger partial charge in [0, 0.05) is 21.4 Å². The fraction of sp³-hybridized carbons (Fsp3) is 0.0909. The van der Waals surface area contributed by atoms with E-state index in [1.54, 1.807) is 12.1 Å². The molecule has 0 radical (unpaired) electrons. The van der Waals surface area contributed by atoms with Crippen LogP contribution in [0.5, 0.6) is 5.75 Å². The van der Waals surface area contributed by atoms with Crippen LogP contribution in [-0.4, -0.2) is 23.2 Å². The highest BCUT2D eigenvalue weighted by Crippen LogP contribution is 2.35. The van der Waals surface area contributed by atoms with Gasteiger partial charge >= 0.3 is 5.97 Å². The molecule has 1 aromatic carbocycles. The Bertz CT molecular complexity index is 615. The van der Waals surface area contributed by atoms with E-state index in [1.807, 2.05) is 0 Å². The van der Waals surface area contributed by atoms with Gasteiger partial charge in [-0.25, -0.2) is 9.78 Å². The molecule has 1 aromatic heterocycles. The number of aromatic nitrogens is 1. The quantitative estimate of drug-likeness (QED) is 0.821. The predicted octanol–water partition coefficient (Wildman–Crippen LogP) is 3.14. The molecule has 0 saturated carbocycles. The molecule has 0 atom stereocenters. The lowest BCUT2D eigenvalue weighted by Crippen LogP contribution is -2.04. The second kappa shape index (κ2) is 4.50. The molecule has 2 rings (SSSR count). The predicted molar refractivity (Wildman–Crippen MR) is 67.5 cm³/mol. The summed E-state index contributed by atoms with van der Waals surface area (Å²) in [6.07, 6.45) is 1.42. The molecule has 0 spiro atoms. The Kier molecular flexibility index (Phi) is 3.22. The summed E-state index contributed by atoms with van der Waals surface area (Å²) >= 11 is 9.32. The first-order valence-corrected chi connectivity index (χ1v) is 5.77. The smallest absolute Gasteiger partial charge is 0.360 e. The molecule has 17 heavy (non-hydrogen) atoms. The third kappa shape index (κ3) is 1.96. The van der Waals surface area contributed by atoms with Gasteiger partial charge in [-0.1, -0.05) is 11.6 Å². The van der Waals surface area contributed by atoms with Crippen LogP contribution >= 0.6 is 27.5 Å². The highest BCUT2D eigenvalue weighted by atomic mass is 79.9. The van der Waals surface area contributed by atoms with Gasteiger partial charge in [0.15, 0.2) is 11.4 Å². The van der Waals surface area contributed by atoms with Gasteiger partial charge < -0.3 is 9.84 Å². The van der Waals surface area contributed by atoms with Crippen molar-refractivity contribution in [2.75, 3.05) is 7.11 Å². The number of hydrogen-bond donors (Lipinski definition) is 1. The normalized spacial score (nSPS) is 10.5. The van der Waals surface area contributed by atoms with Gasteiger partial charge in [-0.15, -0.1) is 0 Å². The van der Waals surface area contributed by atoms with E-state index in [0.29, 0.717) is 20.3 Å². The molecule has 2 aromatic rings. The summed E-state index contributed by atoms with van der Waals surface area (Å²) in [5.74, 6) is -0.924. The number of nitrogens with zero attached hydrogens (tertiary/aromatic N) is 1. The van der Waals surface area contributed by atoms with E-state index in [2.05, 4.69) is 25.7 Å². The SMILES string of the molecule is COC(=O)c1ncc2c(Cl)c(Br)ccc2c1O. The number of hydrogen-bond acceptors (Lipinski definition) is 4. The van der Waals surface area contributed by atoms with Crippen molar-refractivity contribution in [3.8, 4) is 5.75 Å². The fourth-order valence-corrected chi connectivity index (χ4v) is 2.02. The number of carbonyl (C=O) groups is 1. The molecule has 1 heterocycles. The first-order chi connectivity index (χ1) is 8.06. The van der Waals surface area contributed by atoms with Crippen molar-refractivity contribution in [1.82, 2.24) is 4.98 Å². The number of fused-ring (bicyclic) bond motifs is 1. The number of benzene rings is 1. The lowest BCUT2D eigenvalue weighted by molar-refractivity contribution is 0.0591. The number of esters is 1. The molecule has 0 bridgehead atoms. The first kappa shape index (κ1) is 12.1. The van der Waals surface area contributed by atoms with E-state index in [9.17, 15) is 9.90 Å². The van der Waals surface area contributed by atoms with Gasteiger partial charge in [0.25, 0.3) is 0 Å². The Hall–Kier alpha value is -1.33. The molecule has 0 amide bonds. The highest BCUT2D eigenvalue weighted by Gasteiger charge is 2.17. The lowest BCUT2D eigenvalue weighted by Gasteiger charge is -2.07. The minimum atomic E-state index is -0.691. The van der Waals surface area contributed by atoms with E-state index < -0.39 is 5.97 Å². The molecule has 0 aliphatic heterocycles. The van der Waals surface area contributed by atoms with Crippen molar-refractivity contribution < 1.29 is 14.6 Å². The van der Waals surface area contributed by atoms with E-state index in [1.165, 1.54) is 13.3 Å². The zero-order chi connectivity index (χ0) is 12.6. The van der Waals surface area contributed by atoms with E-state index >= 15 is 0 Å². The van der Waals surface area contributed by atoms with Gasteiger partial charge in [-0.05, 0) is 28.1 Å². The Morgan fingerprint density at radius 2 is 2.18 bits per heavy atom. The van der Waals surface area contributed by atoms with Crippen LogP contribution in [-0.2, 0) is 4.74 Å². The zero-order valence-electron chi connectivity index (χ0n) is 8.70. The number of rotatable bonds is 1. The molecule has 6 heteroatoms. The van der Waals surface area contributed by atoms with Gasteiger partial charge in [-0.2, -0.15) is 0 Å². The van der Waals surface area contributed by atoms with Crippen molar-refractivity contribution in [2.24, 2.45) is 0 Å². The third-order valence-electron chi connectivity index (χ3n) is 2.31. The fourth-order valence-electron chi connectivity index (χ4n) is 1.46. The Balaban J connectivity index is 2.77. The summed E-state index contributed by atoms with van der Waals surface area (Å²) in [6, 6.07) is 3.33. The van der Waals surface area contributed by atoms with Crippen LogP contribution in [0.2, 0.25) is 5.02 Å². The Morgan fingerprint density at radius 1 is 1.47 bits per heavy atom. The molecule has 0 aliphatic rings. The van der Waals surface area contributed by atoms with Crippen molar-refractivity contribution in [1.29, 1.82) is 0 Å². The lowest BCUT2D eigenvalue weighted by atomic mass is 10.1. The minimum absolute atomic E-state index is 0.126. The summed E-state index contributed by atoms with van der Waals surface area (Å²) < 4.78 is 5.21.